The number of fused-ring (bicyclic) bond motifs is 1. The molecule has 7 heteroatoms. The van der Waals surface area contributed by atoms with Crippen molar-refractivity contribution >= 4 is 22.7 Å². The fourth-order valence-electron chi connectivity index (χ4n) is 2.40. The molecule has 2 aromatic rings. The van der Waals surface area contributed by atoms with Crippen molar-refractivity contribution in [2.75, 3.05) is 0 Å². The molecule has 0 bridgehead atoms. The van der Waals surface area contributed by atoms with Crippen molar-refractivity contribution in [1.29, 1.82) is 0 Å². The first-order valence-corrected chi connectivity index (χ1v) is 6.76. The van der Waals surface area contributed by atoms with Crippen LogP contribution in [0, 0.1) is 11.8 Å². The van der Waals surface area contributed by atoms with Crippen LogP contribution in [0.2, 0.25) is 0 Å². The van der Waals surface area contributed by atoms with Crippen molar-refractivity contribution in [3.05, 3.63) is 34.1 Å². The number of rotatable bonds is 1. The lowest BCUT2D eigenvalue weighted by Gasteiger charge is -2.21. The molecule has 1 atom stereocenters. The molecule has 110 valence electrons. The SMILES string of the molecule is CC#Cc1ccc2nnn(C3CCC(=O)NC3=O)c(=O)c2c1. The average Bonchev–Trinajstić information content (AvgIpc) is 2.49. The number of hydrogen-bond acceptors (Lipinski definition) is 5. The maximum absolute atomic E-state index is 12.6. The molecule has 1 aromatic heterocycles. The molecule has 0 radical (unpaired) electrons. The van der Waals surface area contributed by atoms with E-state index in [9.17, 15) is 14.4 Å². The lowest BCUT2D eigenvalue weighted by molar-refractivity contribution is -0.136. The molecule has 0 spiro atoms. The summed E-state index contributed by atoms with van der Waals surface area (Å²) < 4.78 is 1.03. The Morgan fingerprint density at radius 3 is 2.86 bits per heavy atom. The monoisotopic (exact) mass is 296 g/mol. The Bertz CT molecular complexity index is 904. The maximum Gasteiger partial charge on any atom is 0.278 e. The van der Waals surface area contributed by atoms with Crippen molar-refractivity contribution in [1.82, 2.24) is 20.3 Å². The highest BCUT2D eigenvalue weighted by Crippen LogP contribution is 2.16. The summed E-state index contributed by atoms with van der Waals surface area (Å²) in [7, 11) is 0. The molecule has 0 saturated carbocycles. The van der Waals surface area contributed by atoms with Crippen LogP contribution in [0.3, 0.4) is 0 Å². The Balaban J connectivity index is 2.12. The molecule has 3 rings (SSSR count). The number of carbonyl (C=O) groups is 2. The molecule has 2 heterocycles. The Hall–Kier alpha value is -3.01. The van der Waals surface area contributed by atoms with Gasteiger partial charge < -0.3 is 0 Å². The van der Waals surface area contributed by atoms with E-state index in [1.807, 2.05) is 0 Å². The second-order valence-electron chi connectivity index (χ2n) is 4.91. The van der Waals surface area contributed by atoms with Gasteiger partial charge in [-0.3, -0.25) is 19.7 Å². The molecule has 7 nitrogen and oxygen atoms in total. The van der Waals surface area contributed by atoms with Crippen LogP contribution >= 0.6 is 0 Å². The van der Waals surface area contributed by atoms with Crippen molar-refractivity contribution in [2.45, 2.75) is 25.8 Å². The highest BCUT2D eigenvalue weighted by Gasteiger charge is 2.30. The van der Waals surface area contributed by atoms with Gasteiger partial charge in [0.25, 0.3) is 11.5 Å². The quantitative estimate of drug-likeness (QED) is 0.597. The minimum Gasteiger partial charge on any atom is -0.295 e. The zero-order valence-electron chi connectivity index (χ0n) is 11.8. The van der Waals surface area contributed by atoms with Gasteiger partial charge in [0.15, 0.2) is 0 Å². The van der Waals surface area contributed by atoms with Gasteiger partial charge in [0, 0.05) is 12.0 Å². The summed E-state index contributed by atoms with van der Waals surface area (Å²) in [5.74, 6) is 4.76. The molecule has 1 saturated heterocycles. The largest absolute Gasteiger partial charge is 0.295 e. The molecular weight excluding hydrogens is 284 g/mol. The Labute approximate surface area is 125 Å². The number of benzene rings is 1. The van der Waals surface area contributed by atoms with Crippen molar-refractivity contribution in [3.8, 4) is 11.8 Å². The maximum atomic E-state index is 12.6. The smallest absolute Gasteiger partial charge is 0.278 e. The number of nitrogens with zero attached hydrogens (tertiary/aromatic N) is 3. The van der Waals surface area contributed by atoms with E-state index in [4.69, 9.17) is 0 Å². The van der Waals surface area contributed by atoms with Crippen LogP contribution in [0.25, 0.3) is 10.9 Å². The summed E-state index contributed by atoms with van der Waals surface area (Å²) in [4.78, 5) is 35.6. The summed E-state index contributed by atoms with van der Waals surface area (Å²) in [6.07, 6.45) is 0.406. The number of piperidine rings is 1. The molecule has 1 fully saturated rings. The number of carbonyl (C=O) groups excluding carboxylic acids is 2. The van der Waals surface area contributed by atoms with Crippen LogP contribution in [0.1, 0.15) is 31.4 Å². The first-order chi connectivity index (χ1) is 10.6. The highest BCUT2D eigenvalue weighted by atomic mass is 16.2. The summed E-state index contributed by atoms with van der Waals surface area (Å²) in [6.45, 7) is 1.71. The van der Waals surface area contributed by atoms with E-state index in [2.05, 4.69) is 27.5 Å². The van der Waals surface area contributed by atoms with Crippen molar-refractivity contribution in [2.24, 2.45) is 0 Å². The third-order valence-electron chi connectivity index (χ3n) is 3.46. The second-order valence-corrected chi connectivity index (χ2v) is 4.91. The third-order valence-corrected chi connectivity index (χ3v) is 3.46. The Morgan fingerprint density at radius 1 is 1.32 bits per heavy atom. The first-order valence-electron chi connectivity index (χ1n) is 6.76. The number of imide groups is 1. The van der Waals surface area contributed by atoms with Gasteiger partial charge in [0.2, 0.25) is 5.91 Å². The van der Waals surface area contributed by atoms with E-state index in [0.717, 1.165) is 4.68 Å². The third kappa shape index (κ3) is 2.35. The number of amides is 2. The van der Waals surface area contributed by atoms with Gasteiger partial charge in [-0.1, -0.05) is 11.1 Å². The number of hydrogen-bond donors (Lipinski definition) is 1. The van der Waals surface area contributed by atoms with Crippen LogP contribution < -0.4 is 10.9 Å². The molecule has 1 aliphatic rings. The van der Waals surface area contributed by atoms with Gasteiger partial charge in [0.05, 0.1) is 5.39 Å². The minimum atomic E-state index is -0.817. The average molecular weight is 296 g/mol. The summed E-state index contributed by atoms with van der Waals surface area (Å²) in [5.41, 5.74) is 0.712. The van der Waals surface area contributed by atoms with Crippen LogP contribution in [-0.4, -0.2) is 26.8 Å². The lowest BCUT2D eigenvalue weighted by Crippen LogP contribution is -2.45. The molecule has 1 N–H and O–H groups in total. The van der Waals surface area contributed by atoms with Gasteiger partial charge in [-0.25, -0.2) is 0 Å². The van der Waals surface area contributed by atoms with Gasteiger partial charge in [0.1, 0.15) is 11.6 Å². The zero-order valence-corrected chi connectivity index (χ0v) is 11.8. The molecule has 0 aliphatic carbocycles. The fraction of sp³-hybridized carbons (Fsp3) is 0.267. The Morgan fingerprint density at radius 2 is 2.14 bits per heavy atom. The van der Waals surface area contributed by atoms with E-state index in [1.165, 1.54) is 0 Å². The van der Waals surface area contributed by atoms with E-state index < -0.39 is 17.5 Å². The summed E-state index contributed by atoms with van der Waals surface area (Å²) in [6, 6.07) is 4.23. The number of aromatic nitrogens is 3. The van der Waals surface area contributed by atoms with E-state index >= 15 is 0 Å². The van der Waals surface area contributed by atoms with Crippen LogP contribution in [-0.2, 0) is 9.59 Å². The van der Waals surface area contributed by atoms with E-state index in [0.29, 0.717) is 16.5 Å². The van der Waals surface area contributed by atoms with Gasteiger partial charge in [-0.2, -0.15) is 4.68 Å². The number of nitrogens with one attached hydrogen (secondary N) is 1. The predicted octanol–water partition coefficient (Wildman–Crippen LogP) is 0.141. The second kappa shape index (κ2) is 5.41. The summed E-state index contributed by atoms with van der Waals surface area (Å²) in [5, 5.41) is 10.4. The van der Waals surface area contributed by atoms with E-state index in [1.54, 1.807) is 25.1 Å². The molecular formula is C15H12N4O3. The molecule has 1 unspecified atom stereocenters. The van der Waals surface area contributed by atoms with Crippen LogP contribution in [0.15, 0.2) is 23.0 Å². The molecule has 22 heavy (non-hydrogen) atoms. The van der Waals surface area contributed by atoms with Gasteiger partial charge >= 0.3 is 0 Å². The molecule has 1 aliphatic heterocycles. The van der Waals surface area contributed by atoms with Crippen LogP contribution in [0.4, 0.5) is 0 Å². The van der Waals surface area contributed by atoms with Gasteiger partial charge in [-0.05, 0) is 31.5 Å². The molecule has 2 amide bonds. The lowest BCUT2D eigenvalue weighted by atomic mass is 10.1. The summed E-state index contributed by atoms with van der Waals surface area (Å²) >= 11 is 0. The van der Waals surface area contributed by atoms with Crippen molar-refractivity contribution < 1.29 is 9.59 Å². The van der Waals surface area contributed by atoms with Gasteiger partial charge in [-0.15, -0.1) is 11.0 Å². The highest BCUT2D eigenvalue weighted by molar-refractivity contribution is 5.99. The normalized spacial score (nSPS) is 17.8. The predicted molar refractivity (Wildman–Crippen MR) is 77.8 cm³/mol. The van der Waals surface area contributed by atoms with Crippen molar-refractivity contribution in [3.63, 3.8) is 0 Å². The standard InChI is InChI=1S/C15H12N4O3/c1-2-3-9-4-5-11-10(8-9)15(22)19(18-17-11)12-6-7-13(20)16-14(12)21/h4-5,8,12H,6-7H2,1H3,(H,16,20,21). The minimum absolute atomic E-state index is 0.171. The topological polar surface area (TPSA) is 93.9 Å². The van der Waals surface area contributed by atoms with E-state index in [-0.39, 0.29) is 18.7 Å². The molecule has 1 aromatic carbocycles. The fourth-order valence-corrected chi connectivity index (χ4v) is 2.40. The first kappa shape index (κ1) is 13.9. The van der Waals surface area contributed by atoms with Crippen LogP contribution in [0.5, 0.6) is 0 Å². The Kier molecular flexibility index (Phi) is 3.43. The zero-order chi connectivity index (χ0) is 15.7.